The molecule has 42 heavy (non-hydrogen) atoms. The van der Waals surface area contributed by atoms with Crippen LogP contribution in [0.25, 0.3) is 0 Å². The molecule has 0 fully saturated rings. The average Bonchev–Trinajstić information content (AvgIpc) is 2.89. The monoisotopic (exact) mass is 586 g/mol. The van der Waals surface area contributed by atoms with Crippen LogP contribution in [-0.4, -0.2) is 95.2 Å². The first-order chi connectivity index (χ1) is 19.6. The molecule has 0 aromatic carbocycles. The number of aromatic nitrogens is 2. The van der Waals surface area contributed by atoms with Crippen molar-refractivity contribution < 1.29 is 38.1 Å². The third-order valence-electron chi connectivity index (χ3n) is 5.49. The van der Waals surface area contributed by atoms with Crippen LogP contribution in [0.3, 0.4) is 0 Å². The summed E-state index contributed by atoms with van der Waals surface area (Å²) in [5.74, 6) is -2.00. The molecule has 0 unspecified atom stereocenters. The van der Waals surface area contributed by atoms with E-state index in [4.69, 9.17) is 18.9 Å². The molecule has 0 aliphatic rings. The molecule has 0 spiro atoms. The quantitative estimate of drug-likeness (QED) is 0.252. The van der Waals surface area contributed by atoms with E-state index in [2.05, 4.69) is 9.97 Å². The minimum atomic E-state index is -0.671. The Morgan fingerprint density at radius 2 is 1.00 bits per heavy atom. The third kappa shape index (κ3) is 12.7. The van der Waals surface area contributed by atoms with Crippen molar-refractivity contribution in [2.75, 3.05) is 40.4 Å². The van der Waals surface area contributed by atoms with Gasteiger partial charge in [-0.1, -0.05) is 12.1 Å². The summed E-state index contributed by atoms with van der Waals surface area (Å²) in [4.78, 5) is 61.9. The Morgan fingerprint density at radius 1 is 0.643 bits per heavy atom. The van der Waals surface area contributed by atoms with Gasteiger partial charge in [-0.2, -0.15) is 0 Å². The van der Waals surface area contributed by atoms with Crippen LogP contribution >= 0.6 is 0 Å². The first-order valence-electron chi connectivity index (χ1n) is 13.6. The summed E-state index contributed by atoms with van der Waals surface area (Å²) >= 11 is 0. The number of hydrogen-bond acceptors (Lipinski definition) is 12. The van der Waals surface area contributed by atoms with Gasteiger partial charge < -0.3 is 18.9 Å². The highest BCUT2D eigenvalue weighted by molar-refractivity contribution is 5.88. The fraction of sp³-hybridized carbons (Fsp3) is 0.533. The average molecular weight is 587 g/mol. The summed E-state index contributed by atoms with van der Waals surface area (Å²) in [6, 6.07) is 10.0. The van der Waals surface area contributed by atoms with Crippen LogP contribution in [0.15, 0.2) is 36.4 Å². The highest BCUT2D eigenvalue weighted by Crippen LogP contribution is 2.14. The van der Waals surface area contributed by atoms with Crippen molar-refractivity contribution in [3.63, 3.8) is 0 Å². The summed E-state index contributed by atoms with van der Waals surface area (Å²) < 4.78 is 20.6. The SMILES string of the molecule is COC(=O)CN(CCN(CC(=O)OC)Cc1cccc(C(=O)OC(C)(C)C)n1)Cc1cccc(C(=O)OC(C)(C)C)n1. The molecule has 0 saturated carbocycles. The van der Waals surface area contributed by atoms with Crippen molar-refractivity contribution in [3.8, 4) is 0 Å². The molecule has 2 rings (SSSR count). The molecule has 0 aliphatic heterocycles. The molecule has 2 heterocycles. The fourth-order valence-electron chi connectivity index (χ4n) is 3.69. The number of carbonyl (C=O) groups excluding carboxylic acids is 4. The van der Waals surface area contributed by atoms with E-state index in [0.29, 0.717) is 24.5 Å². The van der Waals surface area contributed by atoms with E-state index < -0.39 is 35.1 Å². The van der Waals surface area contributed by atoms with Crippen molar-refractivity contribution in [1.82, 2.24) is 19.8 Å². The van der Waals surface area contributed by atoms with Crippen molar-refractivity contribution >= 4 is 23.9 Å². The molecule has 0 aliphatic carbocycles. The Balaban J connectivity index is 2.21. The fourth-order valence-corrected chi connectivity index (χ4v) is 3.69. The zero-order valence-electron chi connectivity index (χ0n) is 25.8. The van der Waals surface area contributed by atoms with Crippen LogP contribution in [0.1, 0.15) is 73.9 Å². The summed E-state index contributed by atoms with van der Waals surface area (Å²) in [5, 5.41) is 0. The summed E-state index contributed by atoms with van der Waals surface area (Å²) in [7, 11) is 2.60. The molecular weight excluding hydrogens is 544 g/mol. The highest BCUT2D eigenvalue weighted by atomic mass is 16.6. The van der Waals surface area contributed by atoms with Crippen molar-refractivity contribution in [2.45, 2.75) is 65.8 Å². The number of hydrogen-bond donors (Lipinski definition) is 0. The van der Waals surface area contributed by atoms with Crippen LogP contribution < -0.4 is 0 Å². The topological polar surface area (TPSA) is 137 Å². The lowest BCUT2D eigenvalue weighted by atomic mass is 10.2. The van der Waals surface area contributed by atoms with Crippen LogP contribution in [0, 0.1) is 0 Å². The van der Waals surface area contributed by atoms with E-state index in [-0.39, 0.29) is 37.6 Å². The number of nitrogens with zero attached hydrogens (tertiary/aromatic N) is 4. The van der Waals surface area contributed by atoms with Crippen molar-refractivity contribution in [3.05, 3.63) is 59.2 Å². The summed E-state index contributed by atoms with van der Waals surface area (Å²) in [5.41, 5.74) is 0.0704. The van der Waals surface area contributed by atoms with Gasteiger partial charge >= 0.3 is 23.9 Å². The summed E-state index contributed by atoms with van der Waals surface area (Å²) in [6.45, 7) is 11.7. The largest absolute Gasteiger partial charge is 0.468 e. The maximum atomic E-state index is 12.5. The van der Waals surface area contributed by atoms with E-state index in [1.54, 1.807) is 87.7 Å². The zero-order chi connectivity index (χ0) is 31.5. The van der Waals surface area contributed by atoms with Gasteiger partial charge in [-0.3, -0.25) is 19.4 Å². The van der Waals surface area contributed by atoms with Crippen LogP contribution in [0.4, 0.5) is 0 Å². The third-order valence-corrected chi connectivity index (χ3v) is 5.49. The Labute approximate surface area is 247 Å². The van der Waals surface area contributed by atoms with Gasteiger partial charge in [0.05, 0.1) is 38.7 Å². The standard InChI is InChI=1S/C30H42N4O8/c1-29(2,3)41-27(37)23-13-9-11-21(31-23)17-33(19-25(35)39-7)15-16-34(20-26(36)40-8)18-22-12-10-14-24(32-22)28(38)42-30(4,5)6/h9-14H,15-20H2,1-8H3. The minimum absolute atomic E-state index is 0.0483. The van der Waals surface area contributed by atoms with Gasteiger partial charge in [0.25, 0.3) is 0 Å². The molecule has 0 amide bonds. The molecule has 12 nitrogen and oxygen atoms in total. The molecule has 2 aromatic heterocycles. The maximum Gasteiger partial charge on any atom is 0.357 e. The van der Waals surface area contributed by atoms with Crippen LogP contribution in [0.2, 0.25) is 0 Å². The molecule has 0 atom stereocenters. The van der Waals surface area contributed by atoms with E-state index in [1.807, 2.05) is 0 Å². The van der Waals surface area contributed by atoms with E-state index in [0.717, 1.165) is 0 Å². The lowest BCUT2D eigenvalue weighted by molar-refractivity contribution is -0.143. The lowest BCUT2D eigenvalue weighted by Gasteiger charge is -2.26. The van der Waals surface area contributed by atoms with Crippen LogP contribution in [-0.2, 0) is 41.6 Å². The number of esters is 4. The predicted molar refractivity (Wildman–Crippen MR) is 153 cm³/mol. The highest BCUT2D eigenvalue weighted by Gasteiger charge is 2.22. The smallest absolute Gasteiger partial charge is 0.357 e. The van der Waals surface area contributed by atoms with Gasteiger partial charge in [-0.15, -0.1) is 0 Å². The Morgan fingerprint density at radius 3 is 1.31 bits per heavy atom. The number of ether oxygens (including phenoxy) is 4. The molecule has 0 bridgehead atoms. The van der Waals surface area contributed by atoms with Gasteiger partial charge in [0.1, 0.15) is 22.6 Å². The van der Waals surface area contributed by atoms with E-state index in [9.17, 15) is 19.2 Å². The molecule has 0 saturated heterocycles. The van der Waals surface area contributed by atoms with Crippen molar-refractivity contribution in [2.24, 2.45) is 0 Å². The lowest BCUT2D eigenvalue weighted by Crippen LogP contribution is -2.40. The number of rotatable bonds is 13. The summed E-state index contributed by atoms with van der Waals surface area (Å²) in [6.07, 6.45) is 0. The van der Waals surface area contributed by atoms with Gasteiger partial charge in [0.2, 0.25) is 0 Å². The molecule has 12 heteroatoms. The molecule has 230 valence electrons. The van der Waals surface area contributed by atoms with Gasteiger partial charge in [-0.25, -0.2) is 19.6 Å². The van der Waals surface area contributed by atoms with Gasteiger partial charge in [-0.05, 0) is 65.8 Å². The Hall–Kier alpha value is -3.90. The number of methoxy groups -OCH3 is 2. The number of carbonyl (C=O) groups is 4. The predicted octanol–water partition coefficient (Wildman–Crippen LogP) is 3.04. The van der Waals surface area contributed by atoms with Gasteiger partial charge in [0.15, 0.2) is 0 Å². The second kappa shape index (κ2) is 15.4. The number of pyridine rings is 2. The van der Waals surface area contributed by atoms with E-state index >= 15 is 0 Å². The first-order valence-corrected chi connectivity index (χ1v) is 13.6. The van der Waals surface area contributed by atoms with Crippen LogP contribution in [0.5, 0.6) is 0 Å². The zero-order valence-corrected chi connectivity index (χ0v) is 25.8. The molecule has 0 radical (unpaired) electrons. The molecular formula is C30H42N4O8. The first kappa shape index (κ1) is 34.3. The molecule has 0 N–H and O–H groups in total. The maximum absolute atomic E-state index is 12.5. The Bertz CT molecular complexity index is 1140. The Kier molecular flexibility index (Phi) is 12.5. The molecule has 2 aromatic rings. The second-order valence-corrected chi connectivity index (χ2v) is 11.6. The normalized spacial score (nSPS) is 11.8. The second-order valence-electron chi connectivity index (χ2n) is 11.6. The van der Waals surface area contributed by atoms with E-state index in [1.165, 1.54) is 14.2 Å². The van der Waals surface area contributed by atoms with Gasteiger partial charge in [0, 0.05) is 26.2 Å². The minimum Gasteiger partial charge on any atom is -0.468 e. The van der Waals surface area contributed by atoms with Crippen molar-refractivity contribution in [1.29, 1.82) is 0 Å².